The van der Waals surface area contributed by atoms with Crippen LogP contribution in [-0.2, 0) is 0 Å². The normalized spacial score (nSPS) is 25.6. The molecular formula is C14H20OS. The molecule has 0 N–H and O–H groups in total. The molecule has 1 nitrogen and oxygen atoms in total. The highest BCUT2D eigenvalue weighted by atomic mass is 32.1. The Morgan fingerprint density at radius 2 is 2.06 bits per heavy atom. The van der Waals surface area contributed by atoms with Crippen molar-refractivity contribution in [3.63, 3.8) is 0 Å². The number of Topliss-reactive ketones (excluding diaryl/α,β-unsaturated/α-hetero) is 1. The first kappa shape index (κ1) is 11.8. The zero-order chi connectivity index (χ0) is 11.5. The molecule has 1 saturated carbocycles. The lowest BCUT2D eigenvalue weighted by atomic mass is 9.78. The average molecular weight is 236 g/mol. The lowest BCUT2D eigenvalue weighted by Gasteiger charge is -2.26. The van der Waals surface area contributed by atoms with Crippen LogP contribution in [0.1, 0.15) is 54.3 Å². The summed E-state index contributed by atoms with van der Waals surface area (Å²) in [5.74, 6) is 1.57. The summed E-state index contributed by atoms with van der Waals surface area (Å²) in [6, 6.07) is 1.99. The van der Waals surface area contributed by atoms with E-state index < -0.39 is 0 Å². The SMILES string of the molecule is CCC1CCC(C(=O)c2ccsc2C)CC1. The van der Waals surface area contributed by atoms with Crippen LogP contribution in [0.4, 0.5) is 0 Å². The fourth-order valence-electron chi connectivity index (χ4n) is 2.69. The Morgan fingerprint density at radius 3 is 2.56 bits per heavy atom. The third kappa shape index (κ3) is 2.37. The minimum absolute atomic E-state index is 0.302. The second-order valence-corrected chi connectivity index (χ2v) is 6.00. The van der Waals surface area contributed by atoms with E-state index in [4.69, 9.17) is 0 Å². The van der Waals surface area contributed by atoms with E-state index in [1.807, 2.05) is 11.4 Å². The van der Waals surface area contributed by atoms with Gasteiger partial charge in [-0.1, -0.05) is 13.3 Å². The lowest BCUT2D eigenvalue weighted by Crippen LogP contribution is -2.21. The number of carbonyl (C=O) groups is 1. The molecule has 1 aromatic rings. The molecule has 16 heavy (non-hydrogen) atoms. The molecule has 1 aliphatic carbocycles. The van der Waals surface area contributed by atoms with Crippen molar-refractivity contribution in [3.8, 4) is 0 Å². The van der Waals surface area contributed by atoms with Crippen LogP contribution in [-0.4, -0.2) is 5.78 Å². The van der Waals surface area contributed by atoms with Gasteiger partial charge in [0.25, 0.3) is 0 Å². The Labute approximate surface area is 102 Å². The van der Waals surface area contributed by atoms with Crippen LogP contribution in [0.2, 0.25) is 0 Å². The number of aryl methyl sites for hydroxylation is 1. The van der Waals surface area contributed by atoms with Gasteiger partial charge in [0.15, 0.2) is 5.78 Å². The van der Waals surface area contributed by atoms with E-state index in [0.29, 0.717) is 11.7 Å². The van der Waals surface area contributed by atoms with Crippen molar-refractivity contribution in [3.05, 3.63) is 21.9 Å². The summed E-state index contributed by atoms with van der Waals surface area (Å²) in [6.45, 7) is 4.31. The van der Waals surface area contributed by atoms with Crippen molar-refractivity contribution in [1.29, 1.82) is 0 Å². The van der Waals surface area contributed by atoms with Gasteiger partial charge in [0.05, 0.1) is 0 Å². The minimum Gasteiger partial charge on any atom is -0.294 e. The van der Waals surface area contributed by atoms with Crippen LogP contribution < -0.4 is 0 Å². The predicted octanol–water partition coefficient (Wildman–Crippen LogP) is 4.46. The molecule has 0 atom stereocenters. The van der Waals surface area contributed by atoms with Crippen molar-refractivity contribution in [2.75, 3.05) is 0 Å². The van der Waals surface area contributed by atoms with Crippen molar-refractivity contribution in [2.45, 2.75) is 46.0 Å². The van der Waals surface area contributed by atoms with E-state index in [1.165, 1.54) is 24.1 Å². The first-order valence-corrected chi connectivity index (χ1v) is 7.18. The molecule has 1 aromatic heterocycles. The van der Waals surface area contributed by atoms with Gasteiger partial charge in [-0.05, 0) is 50.0 Å². The van der Waals surface area contributed by atoms with Gasteiger partial charge in [-0.2, -0.15) is 0 Å². The molecule has 88 valence electrons. The zero-order valence-electron chi connectivity index (χ0n) is 10.2. The largest absolute Gasteiger partial charge is 0.294 e. The molecule has 0 aliphatic heterocycles. The fraction of sp³-hybridized carbons (Fsp3) is 0.643. The Hall–Kier alpha value is -0.630. The third-order valence-corrected chi connectivity index (χ3v) is 4.76. The first-order chi connectivity index (χ1) is 7.72. The van der Waals surface area contributed by atoms with Crippen LogP contribution in [0.3, 0.4) is 0 Å². The summed E-state index contributed by atoms with van der Waals surface area (Å²) < 4.78 is 0. The second-order valence-electron chi connectivity index (χ2n) is 4.88. The van der Waals surface area contributed by atoms with E-state index in [0.717, 1.165) is 24.3 Å². The van der Waals surface area contributed by atoms with Crippen LogP contribution >= 0.6 is 11.3 Å². The molecule has 0 unspecified atom stereocenters. The van der Waals surface area contributed by atoms with Crippen LogP contribution in [0.15, 0.2) is 11.4 Å². The van der Waals surface area contributed by atoms with Crippen LogP contribution in [0.25, 0.3) is 0 Å². The van der Waals surface area contributed by atoms with E-state index in [9.17, 15) is 4.79 Å². The molecule has 2 rings (SSSR count). The smallest absolute Gasteiger partial charge is 0.167 e. The molecule has 1 heterocycles. The summed E-state index contributed by atoms with van der Waals surface area (Å²) in [5, 5.41) is 2.03. The maximum absolute atomic E-state index is 12.3. The highest BCUT2D eigenvalue weighted by Crippen LogP contribution is 2.33. The Kier molecular flexibility index (Phi) is 3.80. The topological polar surface area (TPSA) is 17.1 Å². The first-order valence-electron chi connectivity index (χ1n) is 6.30. The summed E-state index contributed by atoms with van der Waals surface area (Å²) in [4.78, 5) is 13.5. The highest BCUT2D eigenvalue weighted by molar-refractivity contribution is 7.10. The van der Waals surface area contributed by atoms with Gasteiger partial charge >= 0.3 is 0 Å². The number of thiophene rings is 1. The third-order valence-electron chi connectivity index (χ3n) is 3.92. The molecule has 0 radical (unpaired) electrons. The summed E-state index contributed by atoms with van der Waals surface area (Å²) in [5.41, 5.74) is 0.977. The van der Waals surface area contributed by atoms with Crippen molar-refractivity contribution in [1.82, 2.24) is 0 Å². The van der Waals surface area contributed by atoms with Crippen LogP contribution in [0, 0.1) is 18.8 Å². The van der Waals surface area contributed by atoms with Gasteiger partial charge in [0, 0.05) is 16.4 Å². The van der Waals surface area contributed by atoms with Gasteiger partial charge in [-0.3, -0.25) is 4.79 Å². The standard InChI is InChI=1S/C14H20OS/c1-3-11-4-6-12(7-5-11)14(15)13-8-9-16-10(13)2/h8-9,11-12H,3-7H2,1-2H3. The lowest BCUT2D eigenvalue weighted by molar-refractivity contribution is 0.0871. The number of hydrogen-bond donors (Lipinski definition) is 0. The van der Waals surface area contributed by atoms with Gasteiger partial charge < -0.3 is 0 Å². The van der Waals surface area contributed by atoms with Gasteiger partial charge in [-0.25, -0.2) is 0 Å². The number of ketones is 1. The van der Waals surface area contributed by atoms with Crippen LogP contribution in [0.5, 0.6) is 0 Å². The summed E-state index contributed by atoms with van der Waals surface area (Å²) in [6.07, 6.45) is 5.98. The number of rotatable bonds is 3. The summed E-state index contributed by atoms with van der Waals surface area (Å²) >= 11 is 1.68. The molecular weight excluding hydrogens is 216 g/mol. The van der Waals surface area contributed by atoms with E-state index in [1.54, 1.807) is 11.3 Å². The van der Waals surface area contributed by atoms with E-state index in [2.05, 4.69) is 13.8 Å². The Bertz CT molecular complexity index is 359. The summed E-state index contributed by atoms with van der Waals surface area (Å²) in [7, 11) is 0. The minimum atomic E-state index is 0.302. The molecule has 1 fully saturated rings. The molecule has 0 saturated heterocycles. The second kappa shape index (κ2) is 5.13. The molecule has 0 spiro atoms. The van der Waals surface area contributed by atoms with Gasteiger partial charge in [-0.15, -0.1) is 11.3 Å². The molecule has 0 amide bonds. The number of hydrogen-bond acceptors (Lipinski definition) is 2. The number of carbonyl (C=O) groups excluding carboxylic acids is 1. The fourth-order valence-corrected chi connectivity index (χ4v) is 3.40. The van der Waals surface area contributed by atoms with Gasteiger partial charge in [0.2, 0.25) is 0 Å². The van der Waals surface area contributed by atoms with E-state index in [-0.39, 0.29) is 0 Å². The zero-order valence-corrected chi connectivity index (χ0v) is 11.0. The highest BCUT2D eigenvalue weighted by Gasteiger charge is 2.27. The molecule has 0 aromatic carbocycles. The maximum atomic E-state index is 12.3. The van der Waals surface area contributed by atoms with Crippen molar-refractivity contribution in [2.24, 2.45) is 11.8 Å². The predicted molar refractivity (Wildman–Crippen MR) is 69.1 cm³/mol. The average Bonchev–Trinajstić information content (AvgIpc) is 2.75. The molecule has 2 heteroatoms. The Morgan fingerprint density at radius 1 is 1.38 bits per heavy atom. The maximum Gasteiger partial charge on any atom is 0.167 e. The van der Waals surface area contributed by atoms with Crippen molar-refractivity contribution < 1.29 is 4.79 Å². The monoisotopic (exact) mass is 236 g/mol. The molecule has 0 bridgehead atoms. The van der Waals surface area contributed by atoms with Gasteiger partial charge in [0.1, 0.15) is 0 Å². The van der Waals surface area contributed by atoms with Crippen molar-refractivity contribution >= 4 is 17.1 Å². The molecule has 1 aliphatic rings. The Balaban J connectivity index is 2.00. The quantitative estimate of drug-likeness (QED) is 0.708. The van der Waals surface area contributed by atoms with E-state index >= 15 is 0 Å².